The third-order valence-corrected chi connectivity index (χ3v) is 5.01. The summed E-state index contributed by atoms with van der Waals surface area (Å²) < 4.78 is 18.4. The summed E-state index contributed by atoms with van der Waals surface area (Å²) in [6.07, 6.45) is 1.03. The number of benzene rings is 2. The van der Waals surface area contributed by atoms with Gasteiger partial charge in [-0.05, 0) is 61.9 Å². The molecule has 2 aromatic carbocycles. The molecule has 1 amide bonds. The summed E-state index contributed by atoms with van der Waals surface area (Å²) >= 11 is 1.58. The number of anilines is 1. The monoisotopic (exact) mass is 385 g/mol. The van der Waals surface area contributed by atoms with Gasteiger partial charge in [0.15, 0.2) is 0 Å². The maximum atomic E-state index is 12.9. The fourth-order valence-electron chi connectivity index (χ4n) is 2.57. The highest BCUT2D eigenvalue weighted by molar-refractivity contribution is 7.99. The van der Waals surface area contributed by atoms with Crippen molar-refractivity contribution in [3.63, 3.8) is 0 Å². The molecule has 1 heterocycles. The summed E-state index contributed by atoms with van der Waals surface area (Å²) in [5, 5.41) is 10.5. The summed E-state index contributed by atoms with van der Waals surface area (Å²) in [5.41, 5.74) is 3.04. The van der Waals surface area contributed by atoms with Crippen LogP contribution in [0.5, 0.6) is 0 Å². The summed E-state index contributed by atoms with van der Waals surface area (Å²) in [4.78, 5) is 13.0. The molecule has 27 heavy (non-hydrogen) atoms. The third-order valence-electron chi connectivity index (χ3n) is 3.91. The highest BCUT2D eigenvalue weighted by atomic mass is 32.2. The Balaban J connectivity index is 1.47. The van der Waals surface area contributed by atoms with E-state index < -0.39 is 0 Å². The number of hydrogen-bond acceptors (Lipinski definition) is 5. The largest absolute Gasteiger partial charge is 0.403 e. The van der Waals surface area contributed by atoms with Gasteiger partial charge in [0, 0.05) is 16.9 Å². The molecule has 140 valence electrons. The summed E-state index contributed by atoms with van der Waals surface area (Å²) in [6.45, 7) is 3.99. The van der Waals surface area contributed by atoms with Crippen LogP contribution in [0.1, 0.15) is 24.0 Å². The zero-order chi connectivity index (χ0) is 19.2. The van der Waals surface area contributed by atoms with Crippen molar-refractivity contribution in [1.82, 2.24) is 10.2 Å². The molecular weight excluding hydrogens is 365 g/mol. The molecule has 5 nitrogen and oxygen atoms in total. The number of carbonyl (C=O) groups is 1. The third kappa shape index (κ3) is 5.40. The molecule has 0 fully saturated rings. The molecule has 1 N–H and O–H groups in total. The summed E-state index contributed by atoms with van der Waals surface area (Å²) in [5.74, 6) is 0.718. The van der Waals surface area contributed by atoms with Crippen LogP contribution in [0.4, 0.5) is 10.4 Å². The molecule has 0 radical (unpaired) electrons. The minimum atomic E-state index is -0.251. The first kappa shape index (κ1) is 19.1. The highest BCUT2D eigenvalue weighted by Gasteiger charge is 2.13. The number of nitrogens with zero attached hydrogens (tertiary/aromatic N) is 2. The lowest BCUT2D eigenvalue weighted by Crippen LogP contribution is -2.11. The van der Waals surface area contributed by atoms with Crippen LogP contribution in [-0.2, 0) is 4.79 Å². The van der Waals surface area contributed by atoms with Gasteiger partial charge in [0.05, 0.1) is 0 Å². The Kier molecular flexibility index (Phi) is 6.24. The molecule has 7 heteroatoms. The van der Waals surface area contributed by atoms with Gasteiger partial charge < -0.3 is 4.42 Å². The number of rotatable bonds is 7. The summed E-state index contributed by atoms with van der Waals surface area (Å²) in [7, 11) is 0. The van der Waals surface area contributed by atoms with E-state index >= 15 is 0 Å². The van der Waals surface area contributed by atoms with Crippen LogP contribution in [0.3, 0.4) is 0 Å². The number of hydrogen-bond donors (Lipinski definition) is 1. The van der Waals surface area contributed by atoms with Gasteiger partial charge in [-0.3, -0.25) is 10.1 Å². The molecule has 0 saturated heterocycles. The zero-order valence-electron chi connectivity index (χ0n) is 15.2. The van der Waals surface area contributed by atoms with Gasteiger partial charge in [0.1, 0.15) is 5.82 Å². The first-order chi connectivity index (χ1) is 13.0. The van der Waals surface area contributed by atoms with Crippen LogP contribution >= 0.6 is 11.8 Å². The van der Waals surface area contributed by atoms with Crippen molar-refractivity contribution in [3.8, 4) is 11.5 Å². The van der Waals surface area contributed by atoms with E-state index in [-0.39, 0.29) is 17.7 Å². The lowest BCUT2D eigenvalue weighted by atomic mass is 10.1. The predicted molar refractivity (Wildman–Crippen MR) is 104 cm³/mol. The first-order valence-electron chi connectivity index (χ1n) is 8.60. The van der Waals surface area contributed by atoms with E-state index in [0.717, 1.165) is 27.3 Å². The Morgan fingerprint density at radius 3 is 2.67 bits per heavy atom. The number of amides is 1. The molecule has 0 spiro atoms. The van der Waals surface area contributed by atoms with E-state index in [2.05, 4.69) is 15.5 Å². The lowest BCUT2D eigenvalue weighted by molar-refractivity contribution is -0.116. The van der Waals surface area contributed by atoms with E-state index in [1.807, 2.05) is 32.0 Å². The van der Waals surface area contributed by atoms with Crippen molar-refractivity contribution in [2.75, 3.05) is 11.1 Å². The Hall–Kier alpha value is -2.67. The fraction of sp³-hybridized carbons (Fsp3) is 0.250. The molecule has 0 bridgehead atoms. The van der Waals surface area contributed by atoms with Crippen LogP contribution in [0, 0.1) is 19.7 Å². The normalized spacial score (nSPS) is 10.8. The van der Waals surface area contributed by atoms with Gasteiger partial charge in [-0.1, -0.05) is 22.8 Å². The van der Waals surface area contributed by atoms with Crippen molar-refractivity contribution < 1.29 is 13.6 Å². The molecule has 3 aromatic rings. The fourth-order valence-corrected chi connectivity index (χ4v) is 3.42. The second kappa shape index (κ2) is 8.81. The average molecular weight is 385 g/mol. The molecule has 1 aromatic heterocycles. The maximum Gasteiger partial charge on any atom is 0.322 e. The lowest BCUT2D eigenvalue weighted by Gasteiger charge is -2.03. The van der Waals surface area contributed by atoms with Gasteiger partial charge in [-0.15, -0.1) is 16.9 Å². The maximum absolute atomic E-state index is 12.9. The van der Waals surface area contributed by atoms with E-state index in [1.165, 1.54) is 12.1 Å². The molecule has 3 rings (SSSR count). The second-order valence-corrected chi connectivity index (χ2v) is 7.35. The molecule has 0 aliphatic heterocycles. The number of thioether (sulfide) groups is 1. The number of aromatic nitrogens is 2. The van der Waals surface area contributed by atoms with Crippen LogP contribution in [0.25, 0.3) is 11.5 Å². The van der Waals surface area contributed by atoms with Crippen LogP contribution in [-0.4, -0.2) is 21.9 Å². The predicted octanol–water partition coefficient (Wildman–Crippen LogP) is 5.00. The van der Waals surface area contributed by atoms with Gasteiger partial charge in [0.2, 0.25) is 11.8 Å². The zero-order valence-corrected chi connectivity index (χ0v) is 16.0. The van der Waals surface area contributed by atoms with Crippen LogP contribution in [0.15, 0.2) is 51.8 Å². The van der Waals surface area contributed by atoms with Gasteiger partial charge >= 0.3 is 6.01 Å². The van der Waals surface area contributed by atoms with E-state index in [0.29, 0.717) is 18.7 Å². The van der Waals surface area contributed by atoms with Crippen molar-refractivity contribution in [1.29, 1.82) is 0 Å². The van der Waals surface area contributed by atoms with Crippen LogP contribution in [0.2, 0.25) is 0 Å². The number of nitrogens with one attached hydrogen (secondary N) is 1. The van der Waals surface area contributed by atoms with Crippen LogP contribution < -0.4 is 5.32 Å². The van der Waals surface area contributed by atoms with Crippen molar-refractivity contribution in [2.45, 2.75) is 31.6 Å². The molecule has 0 aliphatic carbocycles. The second-order valence-electron chi connectivity index (χ2n) is 6.18. The quantitative estimate of drug-likeness (QED) is 0.458. The van der Waals surface area contributed by atoms with Gasteiger partial charge in [-0.25, -0.2) is 4.39 Å². The molecule has 0 unspecified atom stereocenters. The van der Waals surface area contributed by atoms with E-state index in [1.54, 1.807) is 23.9 Å². The van der Waals surface area contributed by atoms with Crippen molar-refractivity contribution >= 4 is 23.7 Å². The SMILES string of the molecule is Cc1ccc(-c2nnc(NC(=O)CCCSc3ccc(F)cc3)o2)c(C)c1. The topological polar surface area (TPSA) is 68.0 Å². The number of halogens is 1. The molecule has 0 saturated carbocycles. The minimum absolute atomic E-state index is 0.0983. The molecule has 0 aliphatic rings. The molecule has 0 atom stereocenters. The number of carbonyl (C=O) groups excluding carboxylic acids is 1. The Morgan fingerprint density at radius 1 is 1.15 bits per heavy atom. The smallest absolute Gasteiger partial charge is 0.322 e. The van der Waals surface area contributed by atoms with Crippen molar-refractivity contribution in [3.05, 3.63) is 59.4 Å². The van der Waals surface area contributed by atoms with Crippen molar-refractivity contribution in [2.24, 2.45) is 0 Å². The molecular formula is C20H20FN3O2S. The Morgan fingerprint density at radius 2 is 1.93 bits per heavy atom. The van der Waals surface area contributed by atoms with E-state index in [9.17, 15) is 9.18 Å². The van der Waals surface area contributed by atoms with Gasteiger partial charge in [0.25, 0.3) is 0 Å². The standard InChI is InChI=1S/C20H20FN3O2S/c1-13-5-10-17(14(2)12-13)19-23-24-20(26-19)22-18(25)4-3-11-27-16-8-6-15(21)7-9-16/h5-10,12H,3-4,11H2,1-2H3,(H,22,24,25). The van der Waals surface area contributed by atoms with Gasteiger partial charge in [-0.2, -0.15) is 0 Å². The highest BCUT2D eigenvalue weighted by Crippen LogP contribution is 2.24. The first-order valence-corrected chi connectivity index (χ1v) is 9.59. The average Bonchev–Trinajstić information content (AvgIpc) is 3.08. The Bertz CT molecular complexity index is 925. The Labute approximate surface area is 161 Å². The van der Waals surface area contributed by atoms with E-state index in [4.69, 9.17) is 4.42 Å². The summed E-state index contributed by atoms with van der Waals surface area (Å²) in [6, 6.07) is 12.4. The number of aryl methyl sites for hydroxylation is 2. The minimum Gasteiger partial charge on any atom is -0.403 e.